The Morgan fingerprint density at radius 3 is 2.31 bits per heavy atom. The predicted octanol–water partition coefficient (Wildman–Crippen LogP) is 4.72. The van der Waals surface area contributed by atoms with Gasteiger partial charge in [-0.1, -0.05) is 59.6 Å². The van der Waals surface area contributed by atoms with Crippen molar-refractivity contribution in [2.24, 2.45) is 5.92 Å². The summed E-state index contributed by atoms with van der Waals surface area (Å²) in [6, 6.07) is 19.3. The number of hydrogen-bond acceptors (Lipinski definition) is 4. The number of hydrogen-bond donors (Lipinski definition) is 2. The summed E-state index contributed by atoms with van der Waals surface area (Å²) < 4.78 is 33.9. The van der Waals surface area contributed by atoms with Crippen LogP contribution in [0, 0.1) is 5.92 Å². The summed E-state index contributed by atoms with van der Waals surface area (Å²) in [4.78, 5) is 11.6. The zero-order chi connectivity index (χ0) is 22.9. The molecule has 1 saturated carbocycles. The fourth-order valence-electron chi connectivity index (χ4n) is 3.62. The van der Waals surface area contributed by atoms with Crippen molar-refractivity contribution in [2.75, 3.05) is 0 Å². The molecule has 0 heterocycles. The highest BCUT2D eigenvalue weighted by molar-refractivity contribution is 7.89. The van der Waals surface area contributed by atoms with E-state index in [2.05, 4.69) is 4.72 Å². The van der Waals surface area contributed by atoms with Gasteiger partial charge in [-0.15, -0.1) is 0 Å². The molecular weight excluding hydrogens is 473 g/mol. The zero-order valence-corrected chi connectivity index (χ0v) is 18.9. The molecule has 32 heavy (non-hydrogen) atoms. The number of carboxylic acid groups (broad SMARTS) is 1. The van der Waals surface area contributed by atoms with Crippen LogP contribution < -0.4 is 9.46 Å². The Balaban J connectivity index is 1.43. The first-order valence-corrected chi connectivity index (χ1v) is 12.0. The van der Waals surface area contributed by atoms with E-state index >= 15 is 0 Å². The van der Waals surface area contributed by atoms with Gasteiger partial charge in [0.2, 0.25) is 10.0 Å². The first-order valence-electron chi connectivity index (χ1n) is 9.73. The number of carbonyl (C=O) groups is 1. The lowest BCUT2D eigenvalue weighted by molar-refractivity contribution is -0.138. The Hall–Kier alpha value is -2.58. The molecule has 0 spiro atoms. The number of benzene rings is 3. The molecule has 0 bridgehead atoms. The van der Waals surface area contributed by atoms with E-state index in [1.54, 1.807) is 42.5 Å². The van der Waals surface area contributed by atoms with Gasteiger partial charge >= 0.3 is 5.97 Å². The Bertz CT molecular complexity index is 1230. The summed E-state index contributed by atoms with van der Waals surface area (Å²) in [5, 5.41) is 10.5. The molecule has 0 aliphatic heterocycles. The minimum absolute atomic E-state index is 0.0252. The molecule has 2 N–H and O–H groups in total. The molecule has 1 aliphatic rings. The van der Waals surface area contributed by atoms with Gasteiger partial charge in [0.15, 0.2) is 0 Å². The van der Waals surface area contributed by atoms with Crippen LogP contribution in [0.1, 0.15) is 17.0 Å². The van der Waals surface area contributed by atoms with Crippen molar-refractivity contribution in [2.45, 2.75) is 23.5 Å². The van der Waals surface area contributed by atoms with E-state index < -0.39 is 33.9 Å². The lowest BCUT2D eigenvalue weighted by Crippen LogP contribution is -2.28. The second kappa shape index (κ2) is 9.11. The third-order valence-corrected chi connectivity index (χ3v) is 7.39. The molecule has 3 aromatic carbocycles. The van der Waals surface area contributed by atoms with Gasteiger partial charge < -0.3 is 9.84 Å². The minimum atomic E-state index is -3.90. The van der Waals surface area contributed by atoms with Crippen molar-refractivity contribution >= 4 is 39.2 Å². The molecule has 0 radical (unpaired) electrons. The van der Waals surface area contributed by atoms with Gasteiger partial charge in [-0.3, -0.25) is 4.79 Å². The maximum atomic E-state index is 12.8. The van der Waals surface area contributed by atoms with Gasteiger partial charge in [0.25, 0.3) is 0 Å². The molecule has 166 valence electrons. The standard InChI is InChI=1S/C23H19Cl2NO5S/c24-16-7-6-15(19(25)12-16)13-31-17-8-10-18(11-9-17)32(29,30)26-22-20(21(22)23(27)28)14-4-2-1-3-5-14/h1-12,20-22,26H,13H2,(H,27,28)/t20-,21?,22-/m1/s1. The van der Waals surface area contributed by atoms with Crippen LogP contribution in [0.2, 0.25) is 10.0 Å². The van der Waals surface area contributed by atoms with E-state index in [9.17, 15) is 18.3 Å². The fourth-order valence-corrected chi connectivity index (χ4v) is 5.36. The molecule has 0 saturated heterocycles. The van der Waals surface area contributed by atoms with Gasteiger partial charge in [0.1, 0.15) is 12.4 Å². The van der Waals surface area contributed by atoms with E-state index in [-0.39, 0.29) is 11.5 Å². The number of carboxylic acids is 1. The highest BCUT2D eigenvalue weighted by atomic mass is 35.5. The van der Waals surface area contributed by atoms with E-state index in [0.717, 1.165) is 11.1 Å². The molecule has 3 aromatic rings. The fraction of sp³-hybridized carbons (Fsp3) is 0.174. The molecule has 4 rings (SSSR count). The molecule has 1 fully saturated rings. The van der Waals surface area contributed by atoms with Crippen molar-refractivity contribution in [3.8, 4) is 5.75 Å². The molecule has 0 amide bonds. The van der Waals surface area contributed by atoms with E-state index in [0.29, 0.717) is 15.8 Å². The van der Waals surface area contributed by atoms with Crippen molar-refractivity contribution in [3.63, 3.8) is 0 Å². The summed E-state index contributed by atoms with van der Waals surface area (Å²) >= 11 is 12.0. The minimum Gasteiger partial charge on any atom is -0.489 e. The van der Waals surface area contributed by atoms with Crippen LogP contribution in [-0.4, -0.2) is 25.5 Å². The van der Waals surface area contributed by atoms with E-state index in [4.69, 9.17) is 27.9 Å². The van der Waals surface area contributed by atoms with E-state index in [1.165, 1.54) is 24.3 Å². The van der Waals surface area contributed by atoms with Crippen LogP contribution in [0.3, 0.4) is 0 Å². The predicted molar refractivity (Wildman–Crippen MR) is 122 cm³/mol. The van der Waals surface area contributed by atoms with E-state index in [1.807, 2.05) is 6.07 Å². The maximum absolute atomic E-state index is 12.8. The smallest absolute Gasteiger partial charge is 0.308 e. The molecule has 0 aromatic heterocycles. The zero-order valence-electron chi connectivity index (χ0n) is 16.6. The van der Waals surface area contributed by atoms with Crippen LogP contribution in [0.15, 0.2) is 77.7 Å². The SMILES string of the molecule is O=C(O)C1[C@@H](c2ccccc2)[C@H]1NS(=O)(=O)c1ccc(OCc2ccc(Cl)cc2Cl)cc1. The highest BCUT2D eigenvalue weighted by Crippen LogP contribution is 2.48. The van der Waals surface area contributed by atoms with Crippen molar-refractivity contribution in [1.82, 2.24) is 4.72 Å². The number of aliphatic carboxylic acids is 1. The molecule has 6 nitrogen and oxygen atoms in total. The number of rotatable bonds is 8. The van der Waals surface area contributed by atoms with Crippen molar-refractivity contribution in [3.05, 3.63) is 94.0 Å². The summed E-state index contributed by atoms with van der Waals surface area (Å²) in [6.45, 7) is 0.196. The second-order valence-electron chi connectivity index (χ2n) is 7.44. The largest absolute Gasteiger partial charge is 0.489 e. The monoisotopic (exact) mass is 491 g/mol. The summed E-state index contributed by atoms with van der Waals surface area (Å²) in [6.07, 6.45) is 0. The lowest BCUT2D eigenvalue weighted by atomic mass is 10.1. The van der Waals surface area contributed by atoms with Crippen LogP contribution in [-0.2, 0) is 21.4 Å². The molecule has 9 heteroatoms. The van der Waals surface area contributed by atoms with Crippen LogP contribution in [0.4, 0.5) is 0 Å². The molecule has 1 aliphatic carbocycles. The summed E-state index contributed by atoms with van der Waals surface area (Å²) in [5.74, 6) is -1.78. The van der Waals surface area contributed by atoms with Crippen molar-refractivity contribution in [1.29, 1.82) is 0 Å². The second-order valence-corrected chi connectivity index (χ2v) is 10.0. The van der Waals surface area contributed by atoms with Crippen LogP contribution in [0.25, 0.3) is 0 Å². The van der Waals surface area contributed by atoms with Gasteiger partial charge in [0.05, 0.1) is 10.8 Å². The average molecular weight is 492 g/mol. The third-order valence-electron chi connectivity index (χ3n) is 5.32. The number of halogens is 2. The van der Waals surface area contributed by atoms with Gasteiger partial charge in [0, 0.05) is 27.6 Å². The molecular formula is C23H19Cl2NO5S. The quantitative estimate of drug-likeness (QED) is 0.475. The average Bonchev–Trinajstić information content (AvgIpc) is 3.47. The first kappa shape index (κ1) is 22.6. The summed E-state index contributed by atoms with van der Waals surface area (Å²) in [7, 11) is -3.90. The number of nitrogens with one attached hydrogen (secondary N) is 1. The summed E-state index contributed by atoms with van der Waals surface area (Å²) in [5.41, 5.74) is 1.53. The van der Waals surface area contributed by atoms with Crippen LogP contribution >= 0.6 is 23.2 Å². The van der Waals surface area contributed by atoms with Crippen LogP contribution in [0.5, 0.6) is 5.75 Å². The molecule has 1 unspecified atom stereocenters. The van der Waals surface area contributed by atoms with Crippen molar-refractivity contribution < 1.29 is 23.1 Å². The normalized spacial score (nSPS) is 20.0. The van der Waals surface area contributed by atoms with Gasteiger partial charge in [-0.05, 0) is 42.0 Å². The first-order chi connectivity index (χ1) is 15.3. The van der Waals surface area contributed by atoms with Gasteiger partial charge in [-0.2, -0.15) is 0 Å². The number of sulfonamides is 1. The maximum Gasteiger partial charge on any atom is 0.308 e. The Kier molecular flexibility index (Phi) is 6.44. The topological polar surface area (TPSA) is 92.7 Å². The Morgan fingerprint density at radius 1 is 1.00 bits per heavy atom. The van der Waals surface area contributed by atoms with Gasteiger partial charge in [-0.25, -0.2) is 13.1 Å². The molecule has 3 atom stereocenters. The Morgan fingerprint density at radius 2 is 1.69 bits per heavy atom. The Labute approximate surface area is 195 Å². The highest BCUT2D eigenvalue weighted by Gasteiger charge is 2.57. The lowest BCUT2D eigenvalue weighted by Gasteiger charge is -2.10. The number of ether oxygens (including phenoxy) is 1. The third kappa shape index (κ3) is 4.91.